The number of carbonyl (C=O) groups is 2. The van der Waals surface area contributed by atoms with Gasteiger partial charge >= 0.3 is 0 Å². The van der Waals surface area contributed by atoms with E-state index in [-0.39, 0.29) is 17.7 Å². The van der Waals surface area contributed by atoms with Crippen LogP contribution in [0.2, 0.25) is 0 Å². The molecular weight excluding hydrogens is 252 g/mol. The molecule has 1 aliphatic carbocycles. The molecule has 0 bridgehead atoms. The van der Waals surface area contributed by atoms with E-state index in [9.17, 15) is 9.59 Å². The van der Waals surface area contributed by atoms with Crippen LogP contribution in [-0.2, 0) is 9.59 Å². The minimum atomic E-state index is -0.204. The lowest BCUT2D eigenvalue weighted by molar-refractivity contribution is -0.128. The Morgan fingerprint density at radius 3 is 2.65 bits per heavy atom. The van der Waals surface area contributed by atoms with E-state index in [1.54, 1.807) is 0 Å². The predicted octanol–water partition coefficient (Wildman–Crippen LogP) is 2.25. The summed E-state index contributed by atoms with van der Waals surface area (Å²) in [6.45, 7) is 4.66. The van der Waals surface area contributed by atoms with Crippen molar-refractivity contribution in [2.75, 3.05) is 11.9 Å². The van der Waals surface area contributed by atoms with Gasteiger partial charge in [0.2, 0.25) is 11.8 Å². The third-order valence-corrected chi connectivity index (χ3v) is 4.29. The first-order valence-corrected chi connectivity index (χ1v) is 7.22. The van der Waals surface area contributed by atoms with E-state index in [0.29, 0.717) is 19.0 Å². The maximum Gasteiger partial charge on any atom is 0.229 e. The molecule has 3 rings (SSSR count). The lowest BCUT2D eigenvalue weighted by Gasteiger charge is -2.15. The topological polar surface area (TPSA) is 49.4 Å². The van der Waals surface area contributed by atoms with Gasteiger partial charge in [-0.3, -0.25) is 9.59 Å². The van der Waals surface area contributed by atoms with Gasteiger partial charge in [0.1, 0.15) is 0 Å². The molecular formula is C16H20N2O2. The van der Waals surface area contributed by atoms with Crippen LogP contribution in [0.1, 0.15) is 30.4 Å². The highest BCUT2D eigenvalue weighted by Crippen LogP contribution is 2.33. The molecule has 1 aromatic rings. The number of hydrogen-bond donors (Lipinski definition) is 1. The average Bonchev–Trinajstić information content (AvgIpc) is 3.17. The molecule has 20 heavy (non-hydrogen) atoms. The summed E-state index contributed by atoms with van der Waals surface area (Å²) in [6.07, 6.45) is 2.54. The number of benzene rings is 1. The van der Waals surface area contributed by atoms with E-state index >= 15 is 0 Å². The fraction of sp³-hybridized carbons (Fsp3) is 0.500. The SMILES string of the molecule is Cc1ccc(NC(=O)C2CC(=O)N(C3CC3)C2)cc1C. The van der Waals surface area contributed by atoms with Crippen LogP contribution >= 0.6 is 0 Å². The number of nitrogens with one attached hydrogen (secondary N) is 1. The molecule has 4 nitrogen and oxygen atoms in total. The number of rotatable bonds is 3. The Morgan fingerprint density at radius 1 is 1.25 bits per heavy atom. The fourth-order valence-electron chi connectivity index (χ4n) is 2.71. The molecule has 1 aliphatic heterocycles. The maximum absolute atomic E-state index is 12.3. The second-order valence-electron chi connectivity index (χ2n) is 5.97. The summed E-state index contributed by atoms with van der Waals surface area (Å²) in [5.74, 6) is -0.109. The van der Waals surface area contributed by atoms with Crippen molar-refractivity contribution in [2.45, 2.75) is 39.2 Å². The fourth-order valence-corrected chi connectivity index (χ4v) is 2.71. The van der Waals surface area contributed by atoms with Crippen molar-refractivity contribution in [3.8, 4) is 0 Å². The molecule has 1 atom stereocenters. The van der Waals surface area contributed by atoms with Crippen LogP contribution in [-0.4, -0.2) is 29.3 Å². The molecule has 1 aromatic carbocycles. The molecule has 106 valence electrons. The predicted molar refractivity (Wildman–Crippen MR) is 77.4 cm³/mol. The minimum Gasteiger partial charge on any atom is -0.339 e. The van der Waals surface area contributed by atoms with Crippen molar-refractivity contribution >= 4 is 17.5 Å². The molecule has 1 saturated heterocycles. The second-order valence-corrected chi connectivity index (χ2v) is 5.97. The third kappa shape index (κ3) is 2.55. The standard InChI is InChI=1S/C16H20N2O2/c1-10-3-4-13(7-11(10)2)17-16(20)12-8-15(19)18(9-12)14-5-6-14/h3-4,7,12,14H,5-6,8-9H2,1-2H3,(H,17,20). The van der Waals surface area contributed by atoms with E-state index in [1.165, 1.54) is 5.56 Å². The Balaban J connectivity index is 1.64. The number of aryl methyl sites for hydroxylation is 2. The quantitative estimate of drug-likeness (QED) is 0.917. The largest absolute Gasteiger partial charge is 0.339 e. The van der Waals surface area contributed by atoms with Crippen LogP contribution in [0.25, 0.3) is 0 Å². The van der Waals surface area contributed by atoms with Gasteiger partial charge in [-0.05, 0) is 49.9 Å². The Kier molecular flexibility index (Phi) is 3.24. The molecule has 1 N–H and O–H groups in total. The third-order valence-electron chi connectivity index (χ3n) is 4.29. The minimum absolute atomic E-state index is 0.0373. The van der Waals surface area contributed by atoms with Gasteiger partial charge in [0.25, 0.3) is 0 Å². The molecule has 1 saturated carbocycles. The molecule has 0 aromatic heterocycles. The lowest BCUT2D eigenvalue weighted by Crippen LogP contribution is -2.29. The van der Waals surface area contributed by atoms with Gasteiger partial charge in [0.05, 0.1) is 5.92 Å². The summed E-state index contributed by atoms with van der Waals surface area (Å²) < 4.78 is 0. The molecule has 4 heteroatoms. The Labute approximate surface area is 119 Å². The van der Waals surface area contributed by atoms with E-state index in [1.807, 2.05) is 36.9 Å². The second kappa shape index (κ2) is 4.93. The highest BCUT2D eigenvalue weighted by Gasteiger charge is 2.41. The molecule has 1 unspecified atom stereocenters. The summed E-state index contributed by atoms with van der Waals surface area (Å²) >= 11 is 0. The summed E-state index contributed by atoms with van der Waals surface area (Å²) in [7, 11) is 0. The number of hydrogen-bond acceptors (Lipinski definition) is 2. The van der Waals surface area contributed by atoms with Crippen molar-refractivity contribution in [1.29, 1.82) is 0 Å². The molecule has 2 aliphatic rings. The first-order valence-electron chi connectivity index (χ1n) is 7.22. The zero-order valence-corrected chi connectivity index (χ0v) is 12.0. The van der Waals surface area contributed by atoms with Gasteiger partial charge in [0, 0.05) is 24.7 Å². The zero-order chi connectivity index (χ0) is 14.3. The van der Waals surface area contributed by atoms with Gasteiger partial charge in [-0.15, -0.1) is 0 Å². The number of nitrogens with zero attached hydrogens (tertiary/aromatic N) is 1. The van der Waals surface area contributed by atoms with Gasteiger partial charge < -0.3 is 10.2 Å². The highest BCUT2D eigenvalue weighted by molar-refractivity contribution is 5.97. The van der Waals surface area contributed by atoms with E-state index < -0.39 is 0 Å². The molecule has 1 heterocycles. The van der Waals surface area contributed by atoms with Crippen LogP contribution in [0, 0.1) is 19.8 Å². The van der Waals surface area contributed by atoms with Crippen molar-refractivity contribution < 1.29 is 9.59 Å². The van der Waals surface area contributed by atoms with E-state index in [0.717, 1.165) is 24.1 Å². The first-order chi connectivity index (χ1) is 9.54. The Bertz CT molecular complexity index is 564. The van der Waals surface area contributed by atoms with Gasteiger partial charge in [-0.1, -0.05) is 6.07 Å². The van der Waals surface area contributed by atoms with Gasteiger partial charge in [-0.25, -0.2) is 0 Å². The first kappa shape index (κ1) is 13.2. The summed E-state index contributed by atoms with van der Waals surface area (Å²) in [6, 6.07) is 6.29. The van der Waals surface area contributed by atoms with Crippen LogP contribution in [0.15, 0.2) is 18.2 Å². The van der Waals surface area contributed by atoms with Crippen LogP contribution in [0.4, 0.5) is 5.69 Å². The van der Waals surface area contributed by atoms with Gasteiger partial charge in [-0.2, -0.15) is 0 Å². The number of anilines is 1. The monoisotopic (exact) mass is 272 g/mol. The van der Waals surface area contributed by atoms with Crippen molar-refractivity contribution in [2.24, 2.45) is 5.92 Å². The summed E-state index contributed by atoms with van der Waals surface area (Å²) in [5, 5.41) is 2.93. The van der Waals surface area contributed by atoms with Crippen molar-refractivity contribution in [3.05, 3.63) is 29.3 Å². The lowest BCUT2D eigenvalue weighted by atomic mass is 10.1. The summed E-state index contributed by atoms with van der Waals surface area (Å²) in [5.41, 5.74) is 3.18. The van der Waals surface area contributed by atoms with Crippen LogP contribution < -0.4 is 5.32 Å². The summed E-state index contributed by atoms with van der Waals surface area (Å²) in [4.78, 5) is 26.0. The molecule has 2 fully saturated rings. The number of amides is 2. The van der Waals surface area contributed by atoms with Crippen molar-refractivity contribution in [3.63, 3.8) is 0 Å². The van der Waals surface area contributed by atoms with E-state index in [4.69, 9.17) is 0 Å². The smallest absolute Gasteiger partial charge is 0.229 e. The molecule has 0 spiro atoms. The molecule has 2 amide bonds. The van der Waals surface area contributed by atoms with E-state index in [2.05, 4.69) is 5.32 Å². The number of likely N-dealkylation sites (tertiary alicyclic amines) is 1. The maximum atomic E-state index is 12.3. The number of carbonyl (C=O) groups excluding carboxylic acids is 2. The van der Waals surface area contributed by atoms with Crippen molar-refractivity contribution in [1.82, 2.24) is 4.90 Å². The Morgan fingerprint density at radius 2 is 2.00 bits per heavy atom. The molecule has 0 radical (unpaired) electrons. The highest BCUT2D eigenvalue weighted by atomic mass is 16.2. The zero-order valence-electron chi connectivity index (χ0n) is 12.0. The van der Waals surface area contributed by atoms with Gasteiger partial charge in [0.15, 0.2) is 0 Å². The average molecular weight is 272 g/mol. The Hall–Kier alpha value is -1.84. The normalized spacial score (nSPS) is 22.2. The van der Waals surface area contributed by atoms with Crippen LogP contribution in [0.3, 0.4) is 0 Å². The van der Waals surface area contributed by atoms with Crippen LogP contribution in [0.5, 0.6) is 0 Å².